The molecule has 2 heterocycles. The summed E-state index contributed by atoms with van der Waals surface area (Å²) in [6.07, 6.45) is 3.34. The molecule has 4 rings (SSSR count). The molecule has 1 atom stereocenters. The van der Waals surface area contributed by atoms with E-state index in [1.54, 1.807) is 67.3 Å². The number of carbonyl (C=O) groups is 1. The second kappa shape index (κ2) is 7.13. The van der Waals surface area contributed by atoms with E-state index in [4.69, 9.17) is 16.0 Å². The molecular weight excluding hydrogens is 381 g/mol. The summed E-state index contributed by atoms with van der Waals surface area (Å²) in [4.78, 5) is 17.3. The zero-order valence-corrected chi connectivity index (χ0v) is 16.0. The number of halogens is 2. The van der Waals surface area contributed by atoms with E-state index < -0.39 is 17.8 Å². The number of carbonyl (C=O) groups excluding carboxylic acids is 1. The Hall–Kier alpha value is -3.12. The van der Waals surface area contributed by atoms with Gasteiger partial charge in [0, 0.05) is 41.0 Å². The Kier molecular flexibility index (Phi) is 4.65. The predicted octanol–water partition coefficient (Wildman–Crippen LogP) is 4.79. The van der Waals surface area contributed by atoms with Crippen LogP contribution in [0.3, 0.4) is 0 Å². The van der Waals surface area contributed by atoms with Gasteiger partial charge in [-0.05, 0) is 31.2 Å². The average molecular weight is 398 g/mol. The molecule has 1 amide bonds. The number of hydrogen-bond acceptors (Lipinski definition) is 3. The molecule has 0 bridgehead atoms. The van der Waals surface area contributed by atoms with Crippen LogP contribution in [-0.2, 0) is 7.05 Å². The number of rotatable bonds is 4. The fraction of sp³-hybridized carbons (Fsp3) is 0.143. The van der Waals surface area contributed by atoms with Gasteiger partial charge in [0.05, 0.1) is 0 Å². The van der Waals surface area contributed by atoms with Gasteiger partial charge in [-0.1, -0.05) is 29.8 Å². The minimum Gasteiger partial charge on any atom is -0.451 e. The van der Waals surface area contributed by atoms with Crippen molar-refractivity contribution in [3.63, 3.8) is 0 Å². The molecule has 2 aromatic carbocycles. The molecule has 0 saturated heterocycles. The van der Waals surface area contributed by atoms with E-state index in [1.165, 1.54) is 6.07 Å². The molecule has 5 nitrogen and oxygen atoms in total. The summed E-state index contributed by atoms with van der Waals surface area (Å²) in [5.74, 6) is -0.215. The molecule has 28 heavy (non-hydrogen) atoms. The lowest BCUT2D eigenvalue weighted by Gasteiger charge is -2.19. The summed E-state index contributed by atoms with van der Waals surface area (Å²) in [5.41, 5.74) is 1.55. The van der Waals surface area contributed by atoms with Crippen LogP contribution in [-0.4, -0.2) is 15.5 Å². The maximum atomic E-state index is 14.5. The first-order chi connectivity index (χ1) is 13.5. The Bertz CT molecular complexity index is 1180. The van der Waals surface area contributed by atoms with E-state index in [1.807, 2.05) is 0 Å². The van der Waals surface area contributed by atoms with E-state index in [-0.39, 0.29) is 5.76 Å². The van der Waals surface area contributed by atoms with Gasteiger partial charge in [0.1, 0.15) is 23.3 Å². The second-order valence-electron chi connectivity index (χ2n) is 6.52. The van der Waals surface area contributed by atoms with Crippen LogP contribution < -0.4 is 5.32 Å². The van der Waals surface area contributed by atoms with Crippen LogP contribution in [0.4, 0.5) is 4.39 Å². The Labute approximate surface area is 165 Å². The minimum absolute atomic E-state index is 0.160. The van der Waals surface area contributed by atoms with Crippen molar-refractivity contribution >= 4 is 28.5 Å². The first-order valence-corrected chi connectivity index (χ1v) is 9.04. The molecule has 7 heteroatoms. The molecule has 2 aromatic heterocycles. The van der Waals surface area contributed by atoms with Crippen molar-refractivity contribution in [1.29, 1.82) is 0 Å². The van der Waals surface area contributed by atoms with Gasteiger partial charge < -0.3 is 14.3 Å². The van der Waals surface area contributed by atoms with E-state index in [0.717, 1.165) is 5.39 Å². The van der Waals surface area contributed by atoms with Gasteiger partial charge in [-0.3, -0.25) is 4.79 Å². The predicted molar refractivity (Wildman–Crippen MR) is 105 cm³/mol. The zero-order valence-electron chi connectivity index (χ0n) is 15.2. The van der Waals surface area contributed by atoms with Crippen molar-refractivity contribution < 1.29 is 13.6 Å². The third-order valence-corrected chi connectivity index (χ3v) is 4.95. The van der Waals surface area contributed by atoms with Gasteiger partial charge in [-0.2, -0.15) is 0 Å². The highest BCUT2D eigenvalue weighted by Gasteiger charge is 2.26. The maximum Gasteiger partial charge on any atom is 0.288 e. The Morgan fingerprint density at radius 3 is 2.79 bits per heavy atom. The van der Waals surface area contributed by atoms with Gasteiger partial charge >= 0.3 is 0 Å². The summed E-state index contributed by atoms with van der Waals surface area (Å²) in [6.45, 7) is 1.79. The molecule has 0 aliphatic rings. The Morgan fingerprint density at radius 1 is 1.29 bits per heavy atom. The summed E-state index contributed by atoms with van der Waals surface area (Å²) in [6, 6.07) is 10.7. The maximum absolute atomic E-state index is 14.5. The number of imidazole rings is 1. The summed E-state index contributed by atoms with van der Waals surface area (Å²) in [7, 11) is 1.79. The van der Waals surface area contributed by atoms with Crippen molar-refractivity contribution in [2.45, 2.75) is 13.0 Å². The fourth-order valence-corrected chi connectivity index (χ4v) is 3.42. The highest BCUT2D eigenvalue weighted by molar-refractivity contribution is 6.31. The van der Waals surface area contributed by atoms with Gasteiger partial charge in [0.2, 0.25) is 0 Å². The first-order valence-electron chi connectivity index (χ1n) is 8.67. The number of aryl methyl sites for hydroxylation is 2. The highest BCUT2D eigenvalue weighted by Crippen LogP contribution is 2.29. The van der Waals surface area contributed by atoms with Crippen LogP contribution in [0.2, 0.25) is 5.02 Å². The molecule has 1 N–H and O–H groups in total. The largest absolute Gasteiger partial charge is 0.451 e. The van der Waals surface area contributed by atoms with Crippen LogP contribution in [0, 0.1) is 12.7 Å². The van der Waals surface area contributed by atoms with Gasteiger partial charge in [-0.25, -0.2) is 9.37 Å². The quantitative estimate of drug-likeness (QED) is 0.538. The zero-order chi connectivity index (χ0) is 19.8. The number of aromatic nitrogens is 2. The number of nitrogens with zero attached hydrogens (tertiary/aromatic N) is 2. The van der Waals surface area contributed by atoms with Crippen LogP contribution in [0.25, 0.3) is 11.0 Å². The molecular formula is C21H17ClFN3O2. The van der Waals surface area contributed by atoms with E-state index >= 15 is 0 Å². The molecule has 4 aromatic rings. The van der Waals surface area contributed by atoms with Crippen molar-refractivity contribution in [2.24, 2.45) is 7.05 Å². The average Bonchev–Trinajstić information content (AvgIpc) is 3.24. The van der Waals surface area contributed by atoms with Crippen LogP contribution in [0.15, 0.2) is 59.3 Å². The van der Waals surface area contributed by atoms with Crippen LogP contribution >= 0.6 is 11.6 Å². The smallest absolute Gasteiger partial charge is 0.288 e. The van der Waals surface area contributed by atoms with Crippen molar-refractivity contribution in [2.75, 3.05) is 0 Å². The third kappa shape index (κ3) is 3.16. The van der Waals surface area contributed by atoms with E-state index in [9.17, 15) is 9.18 Å². The van der Waals surface area contributed by atoms with Gasteiger partial charge in [0.25, 0.3) is 5.91 Å². The summed E-state index contributed by atoms with van der Waals surface area (Å²) >= 11 is 6.05. The first kappa shape index (κ1) is 18.3. The Morgan fingerprint density at radius 2 is 2.07 bits per heavy atom. The minimum atomic E-state index is -0.773. The van der Waals surface area contributed by atoms with Crippen molar-refractivity contribution in [3.8, 4) is 0 Å². The lowest BCUT2D eigenvalue weighted by atomic mass is 10.0. The number of amides is 1. The summed E-state index contributed by atoms with van der Waals surface area (Å²) in [5, 5.41) is 4.18. The molecule has 0 radical (unpaired) electrons. The molecule has 0 fully saturated rings. The molecule has 0 unspecified atom stereocenters. The molecule has 0 spiro atoms. The molecule has 0 saturated carbocycles. The second-order valence-corrected chi connectivity index (χ2v) is 6.96. The van der Waals surface area contributed by atoms with E-state index in [2.05, 4.69) is 10.3 Å². The standard InChI is InChI=1S/C21H17ClFN3O2/c1-12-15-11-13(22)7-8-17(15)28-19(12)21(27)25-18(20-24-9-10-26(20)2)14-5-3-4-6-16(14)23/h3-11,18H,1-2H3,(H,25,27)/t18-/m1/s1. The fourth-order valence-electron chi connectivity index (χ4n) is 3.25. The molecule has 142 valence electrons. The van der Waals surface area contributed by atoms with Crippen molar-refractivity contribution in [3.05, 3.63) is 88.4 Å². The lowest BCUT2D eigenvalue weighted by Crippen LogP contribution is -2.31. The van der Waals surface area contributed by atoms with E-state index in [0.29, 0.717) is 27.6 Å². The Balaban J connectivity index is 1.75. The lowest BCUT2D eigenvalue weighted by molar-refractivity contribution is 0.0914. The van der Waals surface area contributed by atoms with Gasteiger partial charge in [-0.15, -0.1) is 0 Å². The number of fused-ring (bicyclic) bond motifs is 1. The monoisotopic (exact) mass is 397 g/mol. The van der Waals surface area contributed by atoms with Crippen molar-refractivity contribution in [1.82, 2.24) is 14.9 Å². The number of benzene rings is 2. The topological polar surface area (TPSA) is 60.1 Å². The van der Waals surface area contributed by atoms with Gasteiger partial charge in [0.15, 0.2) is 5.76 Å². The third-order valence-electron chi connectivity index (χ3n) is 4.71. The number of nitrogens with one attached hydrogen (secondary N) is 1. The number of hydrogen-bond donors (Lipinski definition) is 1. The number of furan rings is 1. The highest BCUT2D eigenvalue weighted by atomic mass is 35.5. The van der Waals surface area contributed by atoms with Crippen LogP contribution in [0.1, 0.15) is 33.5 Å². The molecule has 0 aliphatic heterocycles. The SMILES string of the molecule is Cc1c(C(=O)N[C@H](c2ccccc2F)c2nccn2C)oc2ccc(Cl)cc12. The van der Waals surface area contributed by atoms with Crippen LogP contribution in [0.5, 0.6) is 0 Å². The normalized spacial score (nSPS) is 12.3. The summed E-state index contributed by atoms with van der Waals surface area (Å²) < 4.78 is 22.0. The molecule has 0 aliphatic carbocycles.